The number of aliphatic imine (C=N–C) groups is 1. The van der Waals surface area contributed by atoms with Crippen LogP contribution in [0, 0.1) is 0 Å². The first-order valence-corrected chi connectivity index (χ1v) is 8.01. The Labute approximate surface area is 122 Å². The van der Waals surface area contributed by atoms with Crippen molar-refractivity contribution in [1.82, 2.24) is 4.90 Å². The van der Waals surface area contributed by atoms with Gasteiger partial charge in [0, 0.05) is 24.5 Å². The van der Waals surface area contributed by atoms with E-state index in [1.807, 2.05) is 35.2 Å². The van der Waals surface area contributed by atoms with Crippen molar-refractivity contribution in [3.63, 3.8) is 0 Å². The van der Waals surface area contributed by atoms with Gasteiger partial charge in [0.05, 0.1) is 5.25 Å². The van der Waals surface area contributed by atoms with Crippen molar-refractivity contribution in [2.24, 2.45) is 4.99 Å². The molecular formula is C14H17ClN2OS. The zero-order valence-corrected chi connectivity index (χ0v) is 12.2. The van der Waals surface area contributed by atoms with E-state index in [1.165, 1.54) is 0 Å². The van der Waals surface area contributed by atoms with Gasteiger partial charge in [0.25, 0.3) is 0 Å². The molecule has 2 aliphatic heterocycles. The van der Waals surface area contributed by atoms with Crippen molar-refractivity contribution >= 4 is 28.5 Å². The van der Waals surface area contributed by atoms with Crippen molar-refractivity contribution in [3.8, 4) is 0 Å². The van der Waals surface area contributed by atoms with E-state index in [4.69, 9.17) is 11.6 Å². The minimum atomic E-state index is -0.972. The summed E-state index contributed by atoms with van der Waals surface area (Å²) in [6.45, 7) is 1.72. The second-order valence-corrected chi connectivity index (χ2v) is 6.39. The zero-order valence-electron chi connectivity index (χ0n) is 10.6. The third-order valence-corrected chi connectivity index (χ3v) is 5.32. The predicted octanol–water partition coefficient (Wildman–Crippen LogP) is 2.64. The largest absolute Gasteiger partial charge is 0.366 e. The summed E-state index contributed by atoms with van der Waals surface area (Å²) in [6, 6.07) is 9.87. The van der Waals surface area contributed by atoms with Crippen molar-refractivity contribution in [3.05, 3.63) is 35.9 Å². The Bertz CT molecular complexity index is 482. The maximum atomic E-state index is 11.3. The Kier molecular flexibility index (Phi) is 3.74. The molecule has 3 nitrogen and oxygen atoms in total. The van der Waals surface area contributed by atoms with Crippen LogP contribution in [-0.2, 0) is 5.72 Å². The molecule has 0 spiro atoms. The van der Waals surface area contributed by atoms with Gasteiger partial charge in [0.2, 0.25) is 0 Å². The fourth-order valence-corrected chi connectivity index (χ4v) is 4.56. The Morgan fingerprint density at radius 2 is 2.21 bits per heavy atom. The standard InChI is InChI=1S/C14H17ClN2OS/c15-8-7-12-14(18,11-5-2-1-3-6-11)17-10-4-9-16-13(17)19-12/h1-3,5-6,12,18H,4,7-10H2/t12-,14+/m1/s1. The number of rotatable bonds is 3. The van der Waals surface area contributed by atoms with Crippen LogP contribution in [-0.4, -0.2) is 39.4 Å². The molecule has 0 aromatic heterocycles. The van der Waals surface area contributed by atoms with Crippen LogP contribution in [0.25, 0.3) is 0 Å². The smallest absolute Gasteiger partial charge is 0.178 e. The second-order valence-electron chi connectivity index (χ2n) is 4.85. The van der Waals surface area contributed by atoms with E-state index in [0.717, 1.165) is 36.7 Å². The summed E-state index contributed by atoms with van der Waals surface area (Å²) in [4.78, 5) is 6.60. The summed E-state index contributed by atoms with van der Waals surface area (Å²) in [6.07, 6.45) is 1.76. The first-order chi connectivity index (χ1) is 9.26. The van der Waals surface area contributed by atoms with Crippen molar-refractivity contribution in [1.29, 1.82) is 0 Å². The molecular weight excluding hydrogens is 280 g/mol. The molecule has 0 amide bonds. The van der Waals surface area contributed by atoms with E-state index in [2.05, 4.69) is 4.99 Å². The fourth-order valence-electron chi connectivity index (χ4n) is 2.77. The fraction of sp³-hybridized carbons (Fsp3) is 0.500. The van der Waals surface area contributed by atoms with Gasteiger partial charge in [-0.1, -0.05) is 42.1 Å². The number of thioether (sulfide) groups is 1. The molecule has 0 saturated carbocycles. The van der Waals surface area contributed by atoms with Crippen LogP contribution < -0.4 is 0 Å². The minimum Gasteiger partial charge on any atom is -0.366 e. The highest BCUT2D eigenvalue weighted by Crippen LogP contribution is 2.47. The molecule has 5 heteroatoms. The summed E-state index contributed by atoms with van der Waals surface area (Å²) in [7, 11) is 0. The maximum Gasteiger partial charge on any atom is 0.178 e. The highest BCUT2D eigenvalue weighted by molar-refractivity contribution is 8.14. The molecule has 1 fully saturated rings. The van der Waals surface area contributed by atoms with E-state index in [0.29, 0.717) is 5.88 Å². The lowest BCUT2D eigenvalue weighted by molar-refractivity contribution is -0.0726. The van der Waals surface area contributed by atoms with Gasteiger partial charge >= 0.3 is 0 Å². The first-order valence-electron chi connectivity index (χ1n) is 6.59. The number of aliphatic hydroxyl groups is 1. The van der Waals surface area contributed by atoms with Gasteiger partial charge in [0.15, 0.2) is 10.9 Å². The molecule has 2 aliphatic rings. The Morgan fingerprint density at radius 1 is 1.42 bits per heavy atom. The third kappa shape index (κ3) is 2.16. The summed E-state index contributed by atoms with van der Waals surface area (Å²) in [5.41, 5.74) is -0.0372. The molecule has 3 rings (SSSR count). The first kappa shape index (κ1) is 13.3. The molecule has 1 N–H and O–H groups in total. The zero-order chi connectivity index (χ0) is 13.3. The third-order valence-electron chi connectivity index (χ3n) is 3.70. The van der Waals surface area contributed by atoms with Gasteiger partial charge in [-0.25, -0.2) is 0 Å². The molecule has 19 heavy (non-hydrogen) atoms. The lowest BCUT2D eigenvalue weighted by atomic mass is 9.95. The van der Waals surface area contributed by atoms with Crippen molar-refractivity contribution in [2.45, 2.75) is 23.8 Å². The average Bonchev–Trinajstić information content (AvgIpc) is 2.75. The number of halogens is 1. The minimum absolute atomic E-state index is 0.0456. The van der Waals surface area contributed by atoms with Crippen LogP contribution in [0.4, 0.5) is 0 Å². The summed E-state index contributed by atoms with van der Waals surface area (Å²) >= 11 is 7.57. The van der Waals surface area contributed by atoms with E-state index < -0.39 is 5.72 Å². The number of hydrogen-bond acceptors (Lipinski definition) is 4. The summed E-state index contributed by atoms with van der Waals surface area (Å²) in [5, 5.41) is 12.3. The number of hydrogen-bond donors (Lipinski definition) is 1. The highest BCUT2D eigenvalue weighted by Gasteiger charge is 2.52. The van der Waals surface area contributed by atoms with Crippen LogP contribution >= 0.6 is 23.4 Å². The van der Waals surface area contributed by atoms with Gasteiger partial charge in [-0.15, -0.1) is 11.6 Å². The van der Waals surface area contributed by atoms with E-state index in [1.54, 1.807) is 11.8 Å². The SMILES string of the molecule is O[C@@]1(c2ccccc2)[C@@H](CCCl)SC2=NCCCN21. The summed E-state index contributed by atoms with van der Waals surface area (Å²) in [5.74, 6) is 0.550. The predicted molar refractivity (Wildman–Crippen MR) is 80.7 cm³/mol. The van der Waals surface area contributed by atoms with Crippen LogP contribution in [0.2, 0.25) is 0 Å². The molecule has 2 heterocycles. The number of nitrogens with zero attached hydrogens (tertiary/aromatic N) is 2. The van der Waals surface area contributed by atoms with Gasteiger partial charge < -0.3 is 10.0 Å². The molecule has 0 radical (unpaired) electrons. The molecule has 1 aromatic rings. The van der Waals surface area contributed by atoms with Gasteiger partial charge in [-0.3, -0.25) is 4.99 Å². The van der Waals surface area contributed by atoms with Crippen LogP contribution in [0.1, 0.15) is 18.4 Å². The van der Waals surface area contributed by atoms with E-state index >= 15 is 0 Å². The maximum absolute atomic E-state index is 11.3. The molecule has 0 bridgehead atoms. The topological polar surface area (TPSA) is 35.8 Å². The normalized spacial score (nSPS) is 30.1. The molecule has 102 valence electrons. The highest BCUT2D eigenvalue weighted by atomic mass is 35.5. The summed E-state index contributed by atoms with van der Waals surface area (Å²) < 4.78 is 0. The van der Waals surface area contributed by atoms with Gasteiger partial charge in [0.1, 0.15) is 0 Å². The number of benzene rings is 1. The van der Waals surface area contributed by atoms with E-state index in [-0.39, 0.29) is 5.25 Å². The molecule has 2 atom stereocenters. The lowest BCUT2D eigenvalue weighted by Crippen LogP contribution is -2.50. The molecule has 0 unspecified atom stereocenters. The lowest BCUT2D eigenvalue weighted by Gasteiger charge is -2.39. The van der Waals surface area contributed by atoms with Crippen molar-refractivity contribution in [2.75, 3.05) is 19.0 Å². The van der Waals surface area contributed by atoms with Gasteiger partial charge in [-0.05, 0) is 12.8 Å². The monoisotopic (exact) mass is 296 g/mol. The Hall–Kier alpha value is -0.710. The Morgan fingerprint density at radius 3 is 2.95 bits per heavy atom. The van der Waals surface area contributed by atoms with Crippen molar-refractivity contribution < 1.29 is 5.11 Å². The number of amidine groups is 1. The van der Waals surface area contributed by atoms with Crippen LogP contribution in [0.3, 0.4) is 0 Å². The van der Waals surface area contributed by atoms with E-state index in [9.17, 15) is 5.11 Å². The molecule has 0 aliphatic carbocycles. The average molecular weight is 297 g/mol. The molecule has 1 saturated heterocycles. The van der Waals surface area contributed by atoms with Crippen LogP contribution in [0.5, 0.6) is 0 Å². The quantitative estimate of drug-likeness (QED) is 0.871. The number of alkyl halides is 1. The number of fused-ring (bicyclic) bond motifs is 1. The van der Waals surface area contributed by atoms with Crippen LogP contribution in [0.15, 0.2) is 35.3 Å². The second kappa shape index (κ2) is 5.35. The van der Waals surface area contributed by atoms with Gasteiger partial charge in [-0.2, -0.15) is 0 Å². The molecule has 1 aromatic carbocycles. The Balaban J connectivity index is 2.03.